The highest BCUT2D eigenvalue weighted by atomic mass is 32.1. The molecule has 1 fully saturated rings. The Labute approximate surface area is 118 Å². The number of aromatic nitrogens is 1. The molecule has 1 aliphatic rings. The van der Waals surface area contributed by atoms with E-state index in [9.17, 15) is 4.79 Å². The summed E-state index contributed by atoms with van der Waals surface area (Å²) in [6, 6.07) is 0. The topological polar surface area (TPSA) is 51.2 Å². The summed E-state index contributed by atoms with van der Waals surface area (Å²) in [6.07, 6.45) is 8.23. The lowest BCUT2D eigenvalue weighted by molar-refractivity contribution is 0.0606. The number of anilines is 1. The number of rotatable bonds is 5. The molecule has 2 rings (SSSR count). The van der Waals surface area contributed by atoms with Crippen LogP contribution in [0.25, 0.3) is 0 Å². The molecule has 0 aromatic carbocycles. The van der Waals surface area contributed by atoms with Crippen LogP contribution in [0.5, 0.6) is 0 Å². The average molecular weight is 282 g/mol. The largest absolute Gasteiger partial charge is 0.465 e. The third-order valence-corrected chi connectivity index (χ3v) is 4.70. The van der Waals surface area contributed by atoms with Crippen molar-refractivity contribution in [3.8, 4) is 0 Å². The summed E-state index contributed by atoms with van der Waals surface area (Å²) in [5.41, 5.74) is 0. The number of methoxy groups -OCH3 is 1. The Morgan fingerprint density at radius 1 is 1.58 bits per heavy atom. The van der Waals surface area contributed by atoms with Gasteiger partial charge in [-0.1, -0.05) is 37.5 Å². The number of nitrogens with zero attached hydrogens (tertiary/aromatic N) is 1. The maximum Gasteiger partial charge on any atom is 0.349 e. The molecule has 1 aromatic heterocycles. The number of carbonyl (C=O) groups excluding carboxylic acids is 1. The number of ether oxygens (including phenoxy) is 1. The third-order valence-electron chi connectivity index (χ3n) is 3.77. The Morgan fingerprint density at radius 2 is 2.42 bits per heavy atom. The van der Waals surface area contributed by atoms with E-state index in [0.29, 0.717) is 4.88 Å². The van der Waals surface area contributed by atoms with Crippen LogP contribution < -0.4 is 5.32 Å². The van der Waals surface area contributed by atoms with Crippen LogP contribution in [0.15, 0.2) is 6.20 Å². The molecular formula is C14H22N2O2S. The second-order valence-corrected chi connectivity index (χ2v) is 6.41. The number of thiazole rings is 1. The molecule has 0 saturated heterocycles. The lowest BCUT2D eigenvalue weighted by atomic mass is 9.81. The van der Waals surface area contributed by atoms with Gasteiger partial charge in [0.15, 0.2) is 5.13 Å². The molecule has 2 atom stereocenters. The monoisotopic (exact) mass is 282 g/mol. The first-order chi connectivity index (χ1) is 9.19. The number of carbonyl (C=O) groups is 1. The van der Waals surface area contributed by atoms with E-state index in [2.05, 4.69) is 22.0 Å². The van der Waals surface area contributed by atoms with Crippen LogP contribution in [0, 0.1) is 11.8 Å². The lowest BCUT2D eigenvalue weighted by Gasteiger charge is -2.26. The minimum atomic E-state index is -0.313. The standard InChI is InChI=1S/C14H22N2O2S/c1-10-4-3-5-11(8-10)6-7-15-14-16-9-12(19-14)13(17)18-2/h9-11H,3-8H2,1-2H3,(H,15,16). The van der Waals surface area contributed by atoms with E-state index in [1.54, 1.807) is 6.20 Å². The van der Waals surface area contributed by atoms with Crippen molar-refractivity contribution in [1.82, 2.24) is 4.98 Å². The number of hydrogen-bond acceptors (Lipinski definition) is 5. The molecule has 19 heavy (non-hydrogen) atoms. The van der Waals surface area contributed by atoms with E-state index in [1.807, 2.05) is 0 Å². The minimum absolute atomic E-state index is 0.313. The first-order valence-electron chi connectivity index (χ1n) is 6.97. The van der Waals surface area contributed by atoms with Gasteiger partial charge in [-0.3, -0.25) is 0 Å². The molecular weight excluding hydrogens is 260 g/mol. The SMILES string of the molecule is COC(=O)c1cnc(NCCC2CCCC(C)C2)s1. The molecule has 106 valence electrons. The van der Waals surface area contributed by atoms with Gasteiger partial charge < -0.3 is 10.1 Å². The summed E-state index contributed by atoms with van der Waals surface area (Å²) in [5, 5.41) is 4.12. The van der Waals surface area contributed by atoms with Gasteiger partial charge in [0, 0.05) is 6.54 Å². The fourth-order valence-electron chi connectivity index (χ4n) is 2.76. The zero-order chi connectivity index (χ0) is 13.7. The highest BCUT2D eigenvalue weighted by Crippen LogP contribution is 2.30. The Bertz CT molecular complexity index is 419. The van der Waals surface area contributed by atoms with Crippen molar-refractivity contribution in [1.29, 1.82) is 0 Å². The molecule has 0 spiro atoms. The Kier molecular flexibility index (Phi) is 5.19. The van der Waals surface area contributed by atoms with Gasteiger partial charge >= 0.3 is 5.97 Å². The van der Waals surface area contributed by atoms with Crippen LogP contribution >= 0.6 is 11.3 Å². The van der Waals surface area contributed by atoms with Gasteiger partial charge in [-0.15, -0.1) is 0 Å². The number of esters is 1. The number of nitrogens with one attached hydrogen (secondary N) is 1. The van der Waals surface area contributed by atoms with Gasteiger partial charge in [0.25, 0.3) is 0 Å². The van der Waals surface area contributed by atoms with Gasteiger partial charge in [-0.2, -0.15) is 0 Å². The van der Waals surface area contributed by atoms with Crippen molar-refractivity contribution in [3.05, 3.63) is 11.1 Å². The summed E-state index contributed by atoms with van der Waals surface area (Å²) in [7, 11) is 1.39. The molecule has 1 N–H and O–H groups in total. The van der Waals surface area contributed by atoms with Gasteiger partial charge in [-0.25, -0.2) is 9.78 Å². The van der Waals surface area contributed by atoms with Crippen LogP contribution in [0.1, 0.15) is 48.7 Å². The van der Waals surface area contributed by atoms with Gasteiger partial charge in [-0.05, 0) is 24.7 Å². The first kappa shape index (κ1) is 14.3. The molecule has 1 saturated carbocycles. The Hall–Kier alpha value is -1.10. The van der Waals surface area contributed by atoms with E-state index in [1.165, 1.54) is 50.6 Å². The molecule has 0 amide bonds. The van der Waals surface area contributed by atoms with E-state index in [-0.39, 0.29) is 5.97 Å². The van der Waals surface area contributed by atoms with E-state index in [4.69, 9.17) is 0 Å². The van der Waals surface area contributed by atoms with Gasteiger partial charge in [0.05, 0.1) is 13.3 Å². The highest BCUT2D eigenvalue weighted by molar-refractivity contribution is 7.17. The molecule has 1 aromatic rings. The van der Waals surface area contributed by atoms with Crippen LogP contribution in [-0.2, 0) is 4.74 Å². The zero-order valence-electron chi connectivity index (χ0n) is 11.6. The molecule has 0 bridgehead atoms. The normalized spacial score (nSPS) is 23.1. The Balaban J connectivity index is 1.73. The van der Waals surface area contributed by atoms with Gasteiger partial charge in [0.2, 0.25) is 0 Å². The quantitative estimate of drug-likeness (QED) is 0.839. The maximum atomic E-state index is 11.3. The third kappa shape index (κ3) is 4.20. The van der Waals surface area contributed by atoms with E-state index >= 15 is 0 Å². The second kappa shape index (κ2) is 6.89. The minimum Gasteiger partial charge on any atom is -0.465 e. The summed E-state index contributed by atoms with van der Waals surface area (Å²) < 4.78 is 4.66. The van der Waals surface area contributed by atoms with Crippen LogP contribution in [0.4, 0.5) is 5.13 Å². The summed E-state index contributed by atoms with van der Waals surface area (Å²) in [6.45, 7) is 3.29. The first-order valence-corrected chi connectivity index (χ1v) is 7.78. The van der Waals surface area contributed by atoms with Crippen molar-refractivity contribution in [2.24, 2.45) is 11.8 Å². The molecule has 0 radical (unpaired) electrons. The predicted octanol–water partition coefficient (Wildman–Crippen LogP) is 3.56. The molecule has 1 heterocycles. The Morgan fingerprint density at radius 3 is 3.16 bits per heavy atom. The van der Waals surface area contributed by atoms with E-state index < -0.39 is 0 Å². The van der Waals surface area contributed by atoms with Crippen LogP contribution in [-0.4, -0.2) is 24.6 Å². The number of hydrogen-bond donors (Lipinski definition) is 1. The molecule has 5 heteroatoms. The van der Waals surface area contributed by atoms with Crippen molar-refractivity contribution in [2.75, 3.05) is 19.0 Å². The highest BCUT2D eigenvalue weighted by Gasteiger charge is 2.18. The molecule has 2 unspecified atom stereocenters. The maximum absolute atomic E-state index is 11.3. The van der Waals surface area contributed by atoms with Crippen LogP contribution in [0.2, 0.25) is 0 Å². The summed E-state index contributed by atoms with van der Waals surface area (Å²) in [5.74, 6) is 1.41. The van der Waals surface area contributed by atoms with Crippen molar-refractivity contribution >= 4 is 22.4 Å². The van der Waals surface area contributed by atoms with E-state index in [0.717, 1.165) is 23.5 Å². The van der Waals surface area contributed by atoms with Crippen molar-refractivity contribution in [2.45, 2.75) is 39.0 Å². The average Bonchev–Trinajstić information content (AvgIpc) is 2.87. The lowest BCUT2D eigenvalue weighted by Crippen LogP contribution is -2.16. The molecule has 1 aliphatic carbocycles. The van der Waals surface area contributed by atoms with Crippen molar-refractivity contribution in [3.63, 3.8) is 0 Å². The zero-order valence-corrected chi connectivity index (χ0v) is 12.5. The van der Waals surface area contributed by atoms with Crippen LogP contribution in [0.3, 0.4) is 0 Å². The smallest absolute Gasteiger partial charge is 0.349 e. The molecule has 4 nitrogen and oxygen atoms in total. The fourth-order valence-corrected chi connectivity index (χ4v) is 3.52. The fraction of sp³-hybridized carbons (Fsp3) is 0.714. The molecule has 0 aliphatic heterocycles. The predicted molar refractivity (Wildman–Crippen MR) is 77.7 cm³/mol. The van der Waals surface area contributed by atoms with Crippen molar-refractivity contribution < 1.29 is 9.53 Å². The van der Waals surface area contributed by atoms with Gasteiger partial charge in [0.1, 0.15) is 4.88 Å². The second-order valence-electron chi connectivity index (χ2n) is 5.37. The summed E-state index contributed by atoms with van der Waals surface area (Å²) >= 11 is 1.36. The summed E-state index contributed by atoms with van der Waals surface area (Å²) in [4.78, 5) is 16.0.